The number of likely N-dealkylation sites (N-methyl/N-ethyl adjacent to an activating group) is 1. The Labute approximate surface area is 145 Å². The first-order valence-corrected chi connectivity index (χ1v) is 7.89. The van der Waals surface area contributed by atoms with Crippen LogP contribution in [0.15, 0.2) is 36.5 Å². The number of rotatable bonds is 7. The molecule has 0 aliphatic rings. The van der Waals surface area contributed by atoms with Gasteiger partial charge >= 0.3 is 0 Å². The highest BCUT2D eigenvalue weighted by atomic mass is 35.5. The van der Waals surface area contributed by atoms with E-state index in [1.807, 2.05) is 31.2 Å². The molecule has 24 heavy (non-hydrogen) atoms. The van der Waals surface area contributed by atoms with E-state index >= 15 is 0 Å². The van der Waals surface area contributed by atoms with Crippen LogP contribution in [0.25, 0.3) is 0 Å². The number of hydrogen-bond acceptors (Lipinski definition) is 3. The fraction of sp³-hybridized carbons (Fsp3) is 0.294. The Kier molecular flexibility index (Phi) is 6.26. The number of aryl methyl sites for hydroxylation is 1. The number of amides is 2. The van der Waals surface area contributed by atoms with E-state index < -0.39 is 0 Å². The van der Waals surface area contributed by atoms with Crippen LogP contribution in [-0.2, 0) is 4.79 Å². The van der Waals surface area contributed by atoms with Crippen LogP contribution in [0, 0.1) is 6.92 Å². The topological polar surface area (TPSA) is 74.4 Å². The summed E-state index contributed by atoms with van der Waals surface area (Å²) in [6.07, 6.45) is 1.54. The molecular formula is C17H20ClN3O3. The van der Waals surface area contributed by atoms with E-state index in [4.69, 9.17) is 16.3 Å². The van der Waals surface area contributed by atoms with Gasteiger partial charge in [-0.05, 0) is 30.7 Å². The Morgan fingerprint density at radius 2 is 2.12 bits per heavy atom. The van der Waals surface area contributed by atoms with E-state index in [-0.39, 0.29) is 18.4 Å². The van der Waals surface area contributed by atoms with Gasteiger partial charge in [-0.15, -0.1) is 0 Å². The zero-order chi connectivity index (χ0) is 17.5. The molecule has 2 rings (SSSR count). The number of ether oxygens (including phenoxy) is 1. The van der Waals surface area contributed by atoms with Crippen molar-refractivity contribution in [1.82, 2.24) is 15.2 Å². The number of aromatic amines is 1. The lowest BCUT2D eigenvalue weighted by Crippen LogP contribution is -2.38. The summed E-state index contributed by atoms with van der Waals surface area (Å²) in [5.41, 5.74) is 1.46. The van der Waals surface area contributed by atoms with Crippen molar-refractivity contribution in [2.24, 2.45) is 0 Å². The Hall–Kier alpha value is -2.47. The van der Waals surface area contributed by atoms with Crippen molar-refractivity contribution in [2.45, 2.75) is 6.92 Å². The predicted octanol–water partition coefficient (Wildman–Crippen LogP) is 2.24. The number of carbonyl (C=O) groups is 2. The van der Waals surface area contributed by atoms with Crippen molar-refractivity contribution < 1.29 is 14.3 Å². The first kappa shape index (κ1) is 17.9. The molecule has 1 aromatic carbocycles. The van der Waals surface area contributed by atoms with Crippen molar-refractivity contribution in [3.63, 3.8) is 0 Å². The van der Waals surface area contributed by atoms with Gasteiger partial charge in [-0.2, -0.15) is 0 Å². The molecule has 0 aliphatic heterocycles. The normalized spacial score (nSPS) is 10.3. The molecule has 0 unspecified atom stereocenters. The van der Waals surface area contributed by atoms with Crippen LogP contribution < -0.4 is 10.1 Å². The summed E-state index contributed by atoms with van der Waals surface area (Å²) in [6.45, 7) is 2.64. The Morgan fingerprint density at radius 1 is 1.33 bits per heavy atom. The molecule has 6 nitrogen and oxygen atoms in total. The van der Waals surface area contributed by atoms with Gasteiger partial charge in [0.15, 0.2) is 6.61 Å². The Morgan fingerprint density at radius 3 is 2.79 bits per heavy atom. The number of H-pyrrole nitrogens is 1. The molecule has 1 aromatic heterocycles. The summed E-state index contributed by atoms with van der Waals surface area (Å²) in [7, 11) is 1.67. The van der Waals surface area contributed by atoms with Crippen molar-refractivity contribution in [2.75, 3.05) is 26.7 Å². The van der Waals surface area contributed by atoms with Gasteiger partial charge in [0.1, 0.15) is 11.4 Å². The van der Waals surface area contributed by atoms with Crippen LogP contribution in [0.5, 0.6) is 5.75 Å². The number of halogens is 1. The minimum absolute atomic E-state index is 0.0415. The monoisotopic (exact) mass is 349 g/mol. The van der Waals surface area contributed by atoms with Gasteiger partial charge < -0.3 is 19.9 Å². The number of aromatic nitrogens is 1. The molecule has 1 heterocycles. The van der Waals surface area contributed by atoms with Gasteiger partial charge in [0, 0.05) is 26.3 Å². The minimum atomic E-state index is -0.265. The molecule has 2 amide bonds. The van der Waals surface area contributed by atoms with Crippen molar-refractivity contribution in [1.29, 1.82) is 0 Å². The lowest BCUT2D eigenvalue weighted by atomic mass is 10.2. The summed E-state index contributed by atoms with van der Waals surface area (Å²) >= 11 is 5.75. The number of nitrogens with zero attached hydrogens (tertiary/aromatic N) is 1. The maximum absolute atomic E-state index is 12.0. The summed E-state index contributed by atoms with van der Waals surface area (Å²) < 4.78 is 5.47. The zero-order valence-electron chi connectivity index (χ0n) is 13.6. The molecule has 0 radical (unpaired) electrons. The van der Waals surface area contributed by atoms with Crippen molar-refractivity contribution in [3.05, 3.63) is 52.8 Å². The average Bonchev–Trinajstić information content (AvgIpc) is 2.99. The van der Waals surface area contributed by atoms with Crippen LogP contribution in [-0.4, -0.2) is 48.4 Å². The van der Waals surface area contributed by atoms with Crippen LogP contribution in [0.1, 0.15) is 16.1 Å². The molecule has 0 bridgehead atoms. The van der Waals surface area contributed by atoms with E-state index in [0.29, 0.717) is 29.6 Å². The van der Waals surface area contributed by atoms with Crippen LogP contribution in [0.4, 0.5) is 0 Å². The standard InChI is InChI=1S/C17H20ClN3O3/c1-12-4-3-5-14(8-12)24-11-16(22)21(2)7-6-19-17(23)15-9-13(18)10-20-15/h3-5,8-10,20H,6-7,11H2,1-2H3,(H,19,23). The fourth-order valence-electron chi connectivity index (χ4n) is 2.02. The molecule has 0 spiro atoms. The van der Waals surface area contributed by atoms with Gasteiger partial charge in [-0.25, -0.2) is 0 Å². The van der Waals surface area contributed by atoms with Gasteiger partial charge in [0.25, 0.3) is 11.8 Å². The highest BCUT2D eigenvalue weighted by Gasteiger charge is 2.11. The summed E-state index contributed by atoms with van der Waals surface area (Å²) in [6, 6.07) is 9.06. The van der Waals surface area contributed by atoms with Crippen molar-refractivity contribution in [3.8, 4) is 5.75 Å². The predicted molar refractivity (Wildman–Crippen MR) is 92.4 cm³/mol. The van der Waals surface area contributed by atoms with E-state index in [2.05, 4.69) is 10.3 Å². The molecule has 0 saturated heterocycles. The van der Waals surface area contributed by atoms with E-state index in [1.165, 1.54) is 11.1 Å². The van der Waals surface area contributed by atoms with Crippen LogP contribution in [0.3, 0.4) is 0 Å². The second-order valence-corrected chi connectivity index (χ2v) is 5.84. The molecule has 0 atom stereocenters. The van der Waals surface area contributed by atoms with E-state index in [1.54, 1.807) is 13.1 Å². The largest absolute Gasteiger partial charge is 0.484 e. The smallest absolute Gasteiger partial charge is 0.267 e. The maximum Gasteiger partial charge on any atom is 0.267 e. The van der Waals surface area contributed by atoms with Gasteiger partial charge in [-0.3, -0.25) is 9.59 Å². The SMILES string of the molecule is Cc1cccc(OCC(=O)N(C)CCNC(=O)c2cc(Cl)c[nH]2)c1. The highest BCUT2D eigenvalue weighted by Crippen LogP contribution is 2.12. The Bertz CT molecular complexity index is 715. The number of benzene rings is 1. The lowest BCUT2D eigenvalue weighted by molar-refractivity contribution is -0.132. The summed E-state index contributed by atoms with van der Waals surface area (Å²) in [5.74, 6) is 0.237. The van der Waals surface area contributed by atoms with Crippen LogP contribution in [0.2, 0.25) is 5.02 Å². The molecule has 128 valence electrons. The Balaban J connectivity index is 1.70. The van der Waals surface area contributed by atoms with Crippen molar-refractivity contribution >= 4 is 23.4 Å². The quantitative estimate of drug-likeness (QED) is 0.805. The summed E-state index contributed by atoms with van der Waals surface area (Å²) in [5, 5.41) is 3.19. The highest BCUT2D eigenvalue weighted by molar-refractivity contribution is 6.30. The average molecular weight is 350 g/mol. The lowest BCUT2D eigenvalue weighted by Gasteiger charge is -2.17. The van der Waals surface area contributed by atoms with Gasteiger partial charge in [-0.1, -0.05) is 23.7 Å². The second kappa shape index (κ2) is 8.40. The fourth-order valence-corrected chi connectivity index (χ4v) is 2.18. The zero-order valence-corrected chi connectivity index (χ0v) is 14.4. The minimum Gasteiger partial charge on any atom is -0.484 e. The first-order valence-electron chi connectivity index (χ1n) is 7.51. The molecular weight excluding hydrogens is 330 g/mol. The second-order valence-electron chi connectivity index (χ2n) is 5.41. The molecule has 2 N–H and O–H groups in total. The van der Waals surface area contributed by atoms with Gasteiger partial charge in [0.2, 0.25) is 0 Å². The van der Waals surface area contributed by atoms with Crippen LogP contribution >= 0.6 is 11.6 Å². The molecule has 0 fully saturated rings. The molecule has 7 heteroatoms. The maximum atomic E-state index is 12.0. The number of nitrogens with one attached hydrogen (secondary N) is 2. The third-order valence-corrected chi connectivity index (χ3v) is 3.62. The number of hydrogen-bond donors (Lipinski definition) is 2. The van der Waals surface area contributed by atoms with E-state index in [9.17, 15) is 9.59 Å². The third-order valence-electron chi connectivity index (χ3n) is 3.40. The summed E-state index contributed by atoms with van der Waals surface area (Å²) in [4.78, 5) is 28.1. The molecule has 0 aliphatic carbocycles. The first-order chi connectivity index (χ1) is 11.5. The van der Waals surface area contributed by atoms with E-state index in [0.717, 1.165) is 5.56 Å². The molecule has 0 saturated carbocycles. The van der Waals surface area contributed by atoms with Gasteiger partial charge in [0.05, 0.1) is 5.02 Å². The third kappa shape index (κ3) is 5.31. The number of carbonyl (C=O) groups excluding carboxylic acids is 2. The molecule has 2 aromatic rings.